The van der Waals surface area contributed by atoms with Crippen LogP contribution in [0.2, 0.25) is 0 Å². The number of quaternary nitrogens is 1. The van der Waals surface area contributed by atoms with Gasteiger partial charge in [-0.05, 0) is 30.0 Å². The summed E-state index contributed by atoms with van der Waals surface area (Å²) in [7, 11) is 0. The van der Waals surface area contributed by atoms with Gasteiger partial charge in [0.25, 0.3) is 0 Å². The molecule has 0 saturated heterocycles. The highest BCUT2D eigenvalue weighted by Gasteiger charge is 2.11. The van der Waals surface area contributed by atoms with Crippen LogP contribution in [0.1, 0.15) is 5.56 Å². The van der Waals surface area contributed by atoms with E-state index >= 15 is 0 Å². The van der Waals surface area contributed by atoms with Gasteiger partial charge >= 0.3 is 0 Å². The summed E-state index contributed by atoms with van der Waals surface area (Å²) in [4.78, 5) is 0.993. The monoisotopic (exact) mass is 221 g/mol. The maximum absolute atomic E-state index is 11.1. The van der Waals surface area contributed by atoms with Crippen molar-refractivity contribution in [1.82, 2.24) is 0 Å². The molecule has 1 aromatic heterocycles. The normalized spacial score (nSPS) is 12.7. The molecule has 0 aliphatic rings. The molecule has 2 rings (SSSR count). The topological polar surface area (TPSA) is 47.7 Å². The molecule has 0 saturated carbocycles. The zero-order valence-corrected chi connectivity index (χ0v) is 9.04. The van der Waals surface area contributed by atoms with Crippen LogP contribution >= 0.6 is 11.3 Å². The quantitative estimate of drug-likeness (QED) is 0.763. The minimum Gasteiger partial charge on any atom is -0.595 e. The van der Waals surface area contributed by atoms with E-state index < -0.39 is 5.23 Å². The van der Waals surface area contributed by atoms with Crippen LogP contribution in [0.3, 0.4) is 0 Å². The minimum absolute atomic E-state index is 0.373. The van der Waals surface area contributed by atoms with Crippen molar-refractivity contribution in [3.8, 4) is 10.4 Å². The van der Waals surface area contributed by atoms with Crippen molar-refractivity contribution in [2.75, 3.05) is 0 Å². The van der Waals surface area contributed by atoms with Crippen molar-refractivity contribution in [3.63, 3.8) is 0 Å². The van der Waals surface area contributed by atoms with E-state index in [9.17, 15) is 5.21 Å². The van der Waals surface area contributed by atoms with E-state index in [0.717, 1.165) is 16.0 Å². The first-order valence-corrected chi connectivity index (χ1v) is 5.44. The lowest BCUT2D eigenvalue weighted by molar-refractivity contribution is -0.991. The summed E-state index contributed by atoms with van der Waals surface area (Å²) in [5.74, 6) is 0. The average molecular weight is 221 g/mol. The molecule has 4 heteroatoms. The number of rotatable bonds is 2. The highest BCUT2D eigenvalue weighted by Crippen LogP contribution is 2.29. The fourth-order valence-electron chi connectivity index (χ4n) is 1.48. The number of benzene rings is 1. The van der Waals surface area contributed by atoms with Crippen molar-refractivity contribution < 1.29 is 10.4 Å². The van der Waals surface area contributed by atoms with Gasteiger partial charge in [0.05, 0.1) is 5.56 Å². The molecular formula is C11H11NO2S. The second-order valence-electron chi connectivity index (χ2n) is 3.33. The van der Waals surface area contributed by atoms with Gasteiger partial charge in [0.15, 0.2) is 5.69 Å². The van der Waals surface area contributed by atoms with Crippen molar-refractivity contribution >= 4 is 17.0 Å². The molecule has 0 aliphatic heterocycles. The van der Waals surface area contributed by atoms with Gasteiger partial charge in [-0.2, -0.15) is 5.23 Å². The van der Waals surface area contributed by atoms with E-state index in [2.05, 4.69) is 0 Å². The third kappa shape index (κ3) is 2.08. The first kappa shape index (κ1) is 10.3. The highest BCUT2D eigenvalue weighted by atomic mass is 32.1. The van der Waals surface area contributed by atoms with Crippen LogP contribution in [0.25, 0.3) is 10.4 Å². The van der Waals surface area contributed by atoms with E-state index in [0.29, 0.717) is 5.69 Å². The van der Waals surface area contributed by atoms with Gasteiger partial charge in [-0.1, -0.05) is 12.1 Å². The van der Waals surface area contributed by atoms with Crippen molar-refractivity contribution in [2.45, 2.75) is 6.92 Å². The molecule has 1 heterocycles. The van der Waals surface area contributed by atoms with E-state index in [1.165, 1.54) is 0 Å². The van der Waals surface area contributed by atoms with Gasteiger partial charge < -0.3 is 5.21 Å². The molecule has 78 valence electrons. The number of nitrogens with one attached hydrogen (secondary N) is 1. The molecule has 0 radical (unpaired) electrons. The summed E-state index contributed by atoms with van der Waals surface area (Å²) in [6.07, 6.45) is 0. The number of thiophene rings is 1. The molecule has 0 spiro atoms. The Balaban J connectivity index is 2.56. The molecule has 0 fully saturated rings. The molecule has 2 aromatic rings. The maximum Gasteiger partial charge on any atom is 0.172 e. The van der Waals surface area contributed by atoms with E-state index in [4.69, 9.17) is 5.21 Å². The smallest absolute Gasteiger partial charge is 0.172 e. The Kier molecular flexibility index (Phi) is 2.83. The lowest BCUT2D eigenvalue weighted by Crippen LogP contribution is -2.99. The molecule has 3 nitrogen and oxygen atoms in total. The molecule has 1 aromatic carbocycles. The zero-order chi connectivity index (χ0) is 10.8. The van der Waals surface area contributed by atoms with Gasteiger partial charge in [-0.15, -0.1) is 11.3 Å². The Hall–Kier alpha value is -1.20. The molecule has 15 heavy (non-hydrogen) atoms. The fourth-order valence-corrected chi connectivity index (χ4v) is 2.25. The van der Waals surface area contributed by atoms with Crippen molar-refractivity contribution in [3.05, 3.63) is 46.5 Å². The Morgan fingerprint density at radius 3 is 2.73 bits per heavy atom. The van der Waals surface area contributed by atoms with E-state index in [1.807, 2.05) is 36.6 Å². The summed E-state index contributed by atoms with van der Waals surface area (Å²) in [6.45, 7) is 1.89. The Bertz CT molecular complexity index is 452. The van der Waals surface area contributed by atoms with Gasteiger partial charge in [-0.25, -0.2) is 5.21 Å². The summed E-state index contributed by atoms with van der Waals surface area (Å²) in [5, 5.41) is 21.2. The highest BCUT2D eigenvalue weighted by molar-refractivity contribution is 7.13. The Morgan fingerprint density at radius 2 is 2.13 bits per heavy atom. The summed E-state index contributed by atoms with van der Waals surface area (Å²) < 4.78 is 0. The Morgan fingerprint density at radius 1 is 1.33 bits per heavy atom. The molecule has 0 amide bonds. The summed E-state index contributed by atoms with van der Waals surface area (Å²) in [5.41, 5.74) is 2.13. The predicted octanol–water partition coefficient (Wildman–Crippen LogP) is 2.13. The lowest BCUT2D eigenvalue weighted by Gasteiger charge is -2.15. The van der Waals surface area contributed by atoms with Gasteiger partial charge in [0, 0.05) is 10.9 Å². The summed E-state index contributed by atoms with van der Waals surface area (Å²) >= 11 is 1.55. The standard InChI is InChI=1S/C11H11NO2S/c1-8-4-5-9(10(7-8)12(13)14)11-3-2-6-15-11/h2-7,12-13H,1H3. The predicted molar refractivity (Wildman–Crippen MR) is 60.3 cm³/mol. The zero-order valence-electron chi connectivity index (χ0n) is 8.23. The van der Waals surface area contributed by atoms with Gasteiger partial charge in [0.2, 0.25) is 0 Å². The average Bonchev–Trinajstić information content (AvgIpc) is 2.70. The first-order chi connectivity index (χ1) is 7.18. The van der Waals surface area contributed by atoms with Crippen LogP contribution in [0.4, 0.5) is 5.69 Å². The Labute approximate surface area is 91.8 Å². The number of hydrogen-bond acceptors (Lipinski definition) is 3. The van der Waals surface area contributed by atoms with E-state index in [1.54, 1.807) is 17.4 Å². The van der Waals surface area contributed by atoms with Crippen LogP contribution in [0, 0.1) is 12.1 Å². The van der Waals surface area contributed by atoms with Crippen molar-refractivity contribution in [2.24, 2.45) is 0 Å². The van der Waals surface area contributed by atoms with Crippen LogP contribution < -0.4 is 5.23 Å². The van der Waals surface area contributed by atoms with Crippen LogP contribution in [0.15, 0.2) is 35.7 Å². The fraction of sp³-hybridized carbons (Fsp3) is 0.0909. The van der Waals surface area contributed by atoms with Gasteiger partial charge in [0.1, 0.15) is 0 Å². The maximum atomic E-state index is 11.1. The molecular weight excluding hydrogens is 210 g/mol. The summed E-state index contributed by atoms with van der Waals surface area (Å²) in [6, 6.07) is 9.36. The second kappa shape index (κ2) is 4.12. The molecule has 1 atom stereocenters. The second-order valence-corrected chi connectivity index (χ2v) is 4.28. The molecule has 0 aliphatic carbocycles. The molecule has 1 unspecified atom stereocenters. The van der Waals surface area contributed by atoms with Crippen molar-refractivity contribution in [1.29, 1.82) is 0 Å². The van der Waals surface area contributed by atoms with Crippen LogP contribution in [-0.2, 0) is 0 Å². The van der Waals surface area contributed by atoms with Gasteiger partial charge in [-0.3, -0.25) is 0 Å². The molecule has 0 bridgehead atoms. The molecule has 2 N–H and O–H groups in total. The lowest BCUT2D eigenvalue weighted by atomic mass is 10.1. The minimum atomic E-state index is -0.873. The number of aryl methyl sites for hydroxylation is 1. The largest absolute Gasteiger partial charge is 0.595 e. The van der Waals surface area contributed by atoms with Crippen LogP contribution in [-0.4, -0.2) is 5.21 Å². The van der Waals surface area contributed by atoms with Crippen LogP contribution in [0.5, 0.6) is 0 Å². The van der Waals surface area contributed by atoms with E-state index in [-0.39, 0.29) is 0 Å². The first-order valence-electron chi connectivity index (χ1n) is 4.56. The third-order valence-corrected chi connectivity index (χ3v) is 3.10. The number of hydrogen-bond donors (Lipinski definition) is 2. The third-order valence-electron chi connectivity index (χ3n) is 2.19. The SMILES string of the molecule is Cc1ccc(-c2cccs2)c([NH+]([O-])O)c1.